The van der Waals surface area contributed by atoms with Gasteiger partial charge in [0, 0.05) is 32.4 Å². The molecule has 2 aromatic carbocycles. The predicted molar refractivity (Wildman–Crippen MR) is 109 cm³/mol. The molecule has 5 heteroatoms. The van der Waals surface area contributed by atoms with Gasteiger partial charge in [0.15, 0.2) is 0 Å². The Morgan fingerprint density at radius 3 is 2.31 bits per heavy atom. The minimum Gasteiger partial charge on any atom is -0.372 e. The second-order valence-corrected chi connectivity index (χ2v) is 7.67. The van der Waals surface area contributed by atoms with Gasteiger partial charge in [0.05, 0.1) is 16.5 Å². The number of benzene rings is 2. The third-order valence-corrected chi connectivity index (χ3v) is 5.65. The standard InChI is InChI=1S/C21H24Cl2N2O/c1-24(21(26)15-17-6-9-19(22)20(23)14-17)13-10-16-4-7-18(8-5-16)25-11-2-3-12-25/h4-9,14H,2-3,10-13,15H2,1H3. The third-order valence-electron chi connectivity index (χ3n) is 4.91. The zero-order valence-electron chi connectivity index (χ0n) is 15.0. The Balaban J connectivity index is 1.50. The largest absolute Gasteiger partial charge is 0.372 e. The zero-order chi connectivity index (χ0) is 18.5. The highest BCUT2D eigenvalue weighted by atomic mass is 35.5. The number of halogens is 2. The average molecular weight is 391 g/mol. The van der Waals surface area contributed by atoms with Crippen LogP contribution >= 0.6 is 23.2 Å². The van der Waals surface area contributed by atoms with Gasteiger partial charge in [-0.25, -0.2) is 0 Å². The summed E-state index contributed by atoms with van der Waals surface area (Å²) in [6, 6.07) is 14.1. The Morgan fingerprint density at radius 2 is 1.65 bits per heavy atom. The molecule has 2 aromatic rings. The van der Waals surface area contributed by atoms with Crippen molar-refractivity contribution < 1.29 is 4.79 Å². The summed E-state index contributed by atoms with van der Waals surface area (Å²) in [5.41, 5.74) is 3.43. The van der Waals surface area contributed by atoms with Crippen molar-refractivity contribution in [2.75, 3.05) is 31.6 Å². The fraction of sp³-hybridized carbons (Fsp3) is 0.381. The number of carbonyl (C=O) groups is 1. The van der Waals surface area contributed by atoms with Gasteiger partial charge in [0.2, 0.25) is 5.91 Å². The number of amides is 1. The first-order valence-corrected chi connectivity index (χ1v) is 9.80. The van der Waals surface area contributed by atoms with Gasteiger partial charge >= 0.3 is 0 Å². The lowest BCUT2D eigenvalue weighted by atomic mass is 10.1. The van der Waals surface area contributed by atoms with Gasteiger partial charge in [-0.1, -0.05) is 41.4 Å². The van der Waals surface area contributed by atoms with Crippen LogP contribution < -0.4 is 4.90 Å². The molecule has 3 nitrogen and oxygen atoms in total. The summed E-state index contributed by atoms with van der Waals surface area (Å²) in [6.45, 7) is 3.01. The van der Waals surface area contributed by atoms with Gasteiger partial charge < -0.3 is 9.80 Å². The molecule has 0 aromatic heterocycles. The second kappa shape index (κ2) is 8.79. The summed E-state index contributed by atoms with van der Waals surface area (Å²) in [7, 11) is 1.85. The summed E-state index contributed by atoms with van der Waals surface area (Å²) < 4.78 is 0. The van der Waals surface area contributed by atoms with Crippen molar-refractivity contribution in [3.8, 4) is 0 Å². The van der Waals surface area contributed by atoms with E-state index in [9.17, 15) is 4.79 Å². The van der Waals surface area contributed by atoms with Crippen LogP contribution in [0.25, 0.3) is 0 Å². The van der Waals surface area contributed by atoms with Crippen LogP contribution in [-0.4, -0.2) is 37.5 Å². The number of anilines is 1. The smallest absolute Gasteiger partial charge is 0.226 e. The molecule has 1 fully saturated rings. The number of rotatable bonds is 6. The van der Waals surface area contributed by atoms with Gasteiger partial charge in [-0.05, 0) is 54.7 Å². The number of hydrogen-bond acceptors (Lipinski definition) is 2. The molecule has 0 atom stereocenters. The highest BCUT2D eigenvalue weighted by molar-refractivity contribution is 6.42. The van der Waals surface area contributed by atoms with E-state index in [-0.39, 0.29) is 5.91 Å². The third kappa shape index (κ3) is 4.93. The van der Waals surface area contributed by atoms with E-state index in [2.05, 4.69) is 29.2 Å². The second-order valence-electron chi connectivity index (χ2n) is 6.85. The molecule has 0 unspecified atom stereocenters. The fourth-order valence-corrected chi connectivity index (χ4v) is 3.55. The van der Waals surface area contributed by atoms with E-state index in [1.165, 1.54) is 24.1 Å². The maximum Gasteiger partial charge on any atom is 0.226 e. The molecule has 1 saturated heterocycles. The Morgan fingerprint density at radius 1 is 1.00 bits per heavy atom. The fourth-order valence-electron chi connectivity index (χ4n) is 3.23. The summed E-state index contributed by atoms with van der Waals surface area (Å²) in [5, 5.41) is 0.992. The van der Waals surface area contributed by atoms with E-state index in [1.807, 2.05) is 13.1 Å². The monoisotopic (exact) mass is 390 g/mol. The number of likely N-dealkylation sites (N-methyl/N-ethyl adjacent to an activating group) is 1. The first kappa shape index (κ1) is 19.1. The number of nitrogens with zero attached hydrogens (tertiary/aromatic N) is 2. The van der Waals surface area contributed by atoms with E-state index in [4.69, 9.17) is 23.2 Å². The lowest BCUT2D eigenvalue weighted by Crippen LogP contribution is -2.30. The van der Waals surface area contributed by atoms with Crippen molar-refractivity contribution in [1.82, 2.24) is 4.90 Å². The average Bonchev–Trinajstić information content (AvgIpc) is 3.18. The predicted octanol–water partition coefficient (Wildman–Crippen LogP) is 4.84. The van der Waals surface area contributed by atoms with Crippen molar-refractivity contribution in [1.29, 1.82) is 0 Å². The van der Waals surface area contributed by atoms with Gasteiger partial charge in [0.25, 0.3) is 0 Å². The first-order chi connectivity index (χ1) is 12.5. The topological polar surface area (TPSA) is 23.6 Å². The molecule has 0 radical (unpaired) electrons. The molecule has 0 spiro atoms. The summed E-state index contributed by atoms with van der Waals surface area (Å²) in [5.74, 6) is 0.0806. The zero-order valence-corrected chi connectivity index (χ0v) is 16.6. The van der Waals surface area contributed by atoms with E-state index in [0.29, 0.717) is 23.0 Å². The molecule has 26 heavy (non-hydrogen) atoms. The quantitative estimate of drug-likeness (QED) is 0.704. The molecule has 0 bridgehead atoms. The van der Waals surface area contributed by atoms with Crippen LogP contribution in [0.15, 0.2) is 42.5 Å². The van der Waals surface area contributed by atoms with Crippen LogP contribution in [0.1, 0.15) is 24.0 Å². The van der Waals surface area contributed by atoms with Gasteiger partial charge in [-0.2, -0.15) is 0 Å². The molecular weight excluding hydrogens is 367 g/mol. The minimum atomic E-state index is 0.0806. The van der Waals surface area contributed by atoms with E-state index >= 15 is 0 Å². The summed E-state index contributed by atoms with van der Waals surface area (Å²) in [6.07, 6.45) is 3.76. The normalized spacial score (nSPS) is 13.9. The molecule has 138 valence electrons. The van der Waals surface area contributed by atoms with E-state index in [0.717, 1.165) is 25.1 Å². The van der Waals surface area contributed by atoms with Crippen LogP contribution in [0.3, 0.4) is 0 Å². The molecule has 1 aliphatic heterocycles. The van der Waals surface area contributed by atoms with Gasteiger partial charge in [0.1, 0.15) is 0 Å². The summed E-state index contributed by atoms with van der Waals surface area (Å²) in [4.78, 5) is 16.6. The van der Waals surface area contributed by atoms with Crippen LogP contribution in [0.5, 0.6) is 0 Å². The van der Waals surface area contributed by atoms with Crippen LogP contribution in [-0.2, 0) is 17.6 Å². The lowest BCUT2D eigenvalue weighted by Gasteiger charge is -2.19. The van der Waals surface area contributed by atoms with E-state index < -0.39 is 0 Å². The molecular formula is C21H24Cl2N2O. The Kier molecular flexibility index (Phi) is 6.44. The highest BCUT2D eigenvalue weighted by Crippen LogP contribution is 2.23. The highest BCUT2D eigenvalue weighted by Gasteiger charge is 2.13. The van der Waals surface area contributed by atoms with Crippen molar-refractivity contribution in [2.24, 2.45) is 0 Å². The maximum absolute atomic E-state index is 12.4. The Labute approximate surface area is 165 Å². The van der Waals surface area contributed by atoms with Crippen molar-refractivity contribution >= 4 is 34.8 Å². The van der Waals surface area contributed by atoms with Crippen molar-refractivity contribution in [2.45, 2.75) is 25.7 Å². The Bertz CT molecular complexity index is 755. The van der Waals surface area contributed by atoms with Crippen molar-refractivity contribution in [3.05, 3.63) is 63.6 Å². The summed E-state index contributed by atoms with van der Waals surface area (Å²) >= 11 is 11.9. The Hall–Kier alpha value is -1.71. The van der Waals surface area contributed by atoms with Crippen LogP contribution in [0.4, 0.5) is 5.69 Å². The van der Waals surface area contributed by atoms with Crippen molar-refractivity contribution in [3.63, 3.8) is 0 Å². The molecule has 0 N–H and O–H groups in total. The van der Waals surface area contributed by atoms with Gasteiger partial charge in [-0.3, -0.25) is 4.79 Å². The van der Waals surface area contributed by atoms with E-state index in [1.54, 1.807) is 17.0 Å². The molecule has 1 heterocycles. The lowest BCUT2D eigenvalue weighted by molar-refractivity contribution is -0.129. The minimum absolute atomic E-state index is 0.0806. The molecule has 1 amide bonds. The molecule has 0 saturated carbocycles. The first-order valence-electron chi connectivity index (χ1n) is 9.05. The SMILES string of the molecule is CN(CCc1ccc(N2CCCC2)cc1)C(=O)Cc1ccc(Cl)c(Cl)c1. The van der Waals surface area contributed by atoms with Crippen LogP contribution in [0, 0.1) is 0 Å². The molecule has 0 aliphatic carbocycles. The van der Waals surface area contributed by atoms with Crippen LogP contribution in [0.2, 0.25) is 10.0 Å². The molecule has 3 rings (SSSR count). The molecule has 1 aliphatic rings. The number of carbonyl (C=O) groups excluding carboxylic acids is 1. The maximum atomic E-state index is 12.4. The van der Waals surface area contributed by atoms with Gasteiger partial charge in [-0.15, -0.1) is 0 Å². The number of hydrogen-bond donors (Lipinski definition) is 0.